The molecule has 3 aromatic rings. The number of amides is 1. The number of ether oxygens (including phenoxy) is 1. The highest BCUT2D eigenvalue weighted by atomic mass is 16.5. The van der Waals surface area contributed by atoms with E-state index in [-0.39, 0.29) is 25.0 Å². The number of benzene rings is 2. The predicted octanol–water partition coefficient (Wildman–Crippen LogP) is 3.73. The lowest BCUT2D eigenvalue weighted by Gasteiger charge is -2.11. The van der Waals surface area contributed by atoms with Crippen molar-refractivity contribution in [2.24, 2.45) is 0 Å². The zero-order valence-electron chi connectivity index (χ0n) is 14.5. The average molecular weight is 351 g/mol. The number of hydrogen-bond donors (Lipinski definition) is 1. The van der Waals surface area contributed by atoms with Gasteiger partial charge in [0.2, 0.25) is 0 Å². The van der Waals surface area contributed by atoms with Gasteiger partial charge in [0.25, 0.3) is 5.91 Å². The zero-order valence-corrected chi connectivity index (χ0v) is 14.5. The molecular weight excluding hydrogens is 330 g/mol. The van der Waals surface area contributed by atoms with E-state index < -0.39 is 5.97 Å². The van der Waals surface area contributed by atoms with Crippen LogP contribution in [0, 0.1) is 0 Å². The maximum atomic E-state index is 12.2. The maximum absolute atomic E-state index is 12.2. The molecule has 5 heteroatoms. The van der Waals surface area contributed by atoms with Crippen molar-refractivity contribution in [1.82, 2.24) is 5.32 Å². The Kier molecular flexibility index (Phi) is 4.61. The van der Waals surface area contributed by atoms with Crippen molar-refractivity contribution in [2.45, 2.75) is 38.1 Å². The van der Waals surface area contributed by atoms with E-state index in [1.165, 1.54) is 0 Å². The standard InChI is InChI=1S/C21H21NO4/c23-19(22-16-6-2-3-7-16)13-26-20(24)11-15-12-25-18-10-9-14-5-1-4-8-17(14)21(15)18/h1,4-5,8-10,12,16H,2-3,6-7,11,13H2,(H,22,23). The van der Waals surface area contributed by atoms with Crippen molar-refractivity contribution in [3.63, 3.8) is 0 Å². The highest BCUT2D eigenvalue weighted by Crippen LogP contribution is 2.30. The van der Waals surface area contributed by atoms with Crippen LogP contribution in [0.1, 0.15) is 31.2 Å². The van der Waals surface area contributed by atoms with E-state index in [0.717, 1.165) is 53.0 Å². The van der Waals surface area contributed by atoms with E-state index >= 15 is 0 Å². The van der Waals surface area contributed by atoms with E-state index in [1.807, 2.05) is 36.4 Å². The summed E-state index contributed by atoms with van der Waals surface area (Å²) in [7, 11) is 0. The molecule has 0 atom stereocenters. The number of rotatable bonds is 5. The fraction of sp³-hybridized carbons (Fsp3) is 0.333. The predicted molar refractivity (Wildman–Crippen MR) is 98.8 cm³/mol. The lowest BCUT2D eigenvalue weighted by atomic mass is 10.0. The Morgan fingerprint density at radius 3 is 2.77 bits per heavy atom. The highest BCUT2D eigenvalue weighted by Gasteiger charge is 2.19. The topological polar surface area (TPSA) is 68.5 Å². The first-order chi connectivity index (χ1) is 12.7. The summed E-state index contributed by atoms with van der Waals surface area (Å²) in [6, 6.07) is 12.1. The molecule has 5 nitrogen and oxygen atoms in total. The molecule has 0 saturated heterocycles. The van der Waals surface area contributed by atoms with Gasteiger partial charge in [-0.25, -0.2) is 0 Å². The second-order valence-corrected chi connectivity index (χ2v) is 6.81. The molecule has 1 saturated carbocycles. The summed E-state index contributed by atoms with van der Waals surface area (Å²) in [5, 5.41) is 5.97. The first-order valence-corrected chi connectivity index (χ1v) is 9.03. The van der Waals surface area contributed by atoms with Crippen molar-refractivity contribution < 1.29 is 18.7 Å². The van der Waals surface area contributed by atoms with Crippen LogP contribution in [0.2, 0.25) is 0 Å². The molecule has 26 heavy (non-hydrogen) atoms. The Bertz CT molecular complexity index is 953. The third-order valence-corrected chi connectivity index (χ3v) is 4.96. The maximum Gasteiger partial charge on any atom is 0.310 e. The minimum Gasteiger partial charge on any atom is -0.464 e. The largest absolute Gasteiger partial charge is 0.464 e. The molecule has 1 aromatic heterocycles. The van der Waals surface area contributed by atoms with Crippen LogP contribution in [0.5, 0.6) is 0 Å². The first-order valence-electron chi connectivity index (χ1n) is 9.03. The van der Waals surface area contributed by atoms with Gasteiger partial charge in [0.1, 0.15) is 5.58 Å². The fourth-order valence-electron chi connectivity index (χ4n) is 3.70. The summed E-state index contributed by atoms with van der Waals surface area (Å²) in [5.74, 6) is -0.657. The number of nitrogens with one attached hydrogen (secondary N) is 1. The van der Waals surface area contributed by atoms with Gasteiger partial charge in [-0.05, 0) is 29.7 Å². The van der Waals surface area contributed by atoms with Crippen molar-refractivity contribution >= 4 is 33.6 Å². The van der Waals surface area contributed by atoms with Gasteiger partial charge in [-0.3, -0.25) is 9.59 Å². The van der Waals surface area contributed by atoms with Gasteiger partial charge < -0.3 is 14.5 Å². The lowest BCUT2D eigenvalue weighted by molar-refractivity contribution is -0.148. The molecule has 134 valence electrons. The van der Waals surface area contributed by atoms with Crippen LogP contribution in [0.3, 0.4) is 0 Å². The molecular formula is C21H21NO4. The minimum absolute atomic E-state index is 0.0811. The highest BCUT2D eigenvalue weighted by molar-refractivity contribution is 6.08. The SMILES string of the molecule is O=C(COC(=O)Cc1coc2ccc3ccccc3c12)NC1CCCC1. The van der Waals surface area contributed by atoms with Crippen LogP contribution in [0.4, 0.5) is 0 Å². The summed E-state index contributed by atoms with van der Waals surface area (Å²) >= 11 is 0. The van der Waals surface area contributed by atoms with E-state index in [9.17, 15) is 9.59 Å². The monoisotopic (exact) mass is 351 g/mol. The molecule has 1 heterocycles. The minimum atomic E-state index is -0.429. The fourth-order valence-corrected chi connectivity index (χ4v) is 3.70. The molecule has 1 N–H and O–H groups in total. The molecule has 1 aliphatic rings. The Hall–Kier alpha value is -2.82. The molecule has 0 radical (unpaired) electrons. The molecule has 0 aliphatic heterocycles. The normalized spacial score (nSPS) is 14.8. The Labute approximate surface area is 151 Å². The zero-order chi connectivity index (χ0) is 17.9. The summed E-state index contributed by atoms with van der Waals surface area (Å²) < 4.78 is 10.7. The number of fused-ring (bicyclic) bond motifs is 3. The summed E-state index contributed by atoms with van der Waals surface area (Å²) in [6.07, 6.45) is 5.98. The number of esters is 1. The second kappa shape index (κ2) is 7.20. The summed E-state index contributed by atoms with van der Waals surface area (Å²) in [5.41, 5.74) is 1.52. The molecule has 1 fully saturated rings. The van der Waals surface area contributed by atoms with Gasteiger partial charge in [-0.15, -0.1) is 0 Å². The molecule has 1 amide bonds. The van der Waals surface area contributed by atoms with E-state index in [4.69, 9.17) is 9.15 Å². The lowest BCUT2D eigenvalue weighted by Crippen LogP contribution is -2.36. The molecule has 0 bridgehead atoms. The number of furan rings is 1. The van der Waals surface area contributed by atoms with Gasteiger partial charge in [0, 0.05) is 17.0 Å². The third-order valence-electron chi connectivity index (χ3n) is 4.96. The first kappa shape index (κ1) is 16.6. The Morgan fingerprint density at radius 2 is 1.92 bits per heavy atom. The quantitative estimate of drug-likeness (QED) is 0.711. The van der Waals surface area contributed by atoms with Gasteiger partial charge in [0.05, 0.1) is 12.7 Å². The Morgan fingerprint density at radius 1 is 1.12 bits per heavy atom. The van der Waals surface area contributed by atoms with E-state index in [2.05, 4.69) is 5.32 Å². The molecule has 2 aromatic carbocycles. The number of carbonyl (C=O) groups is 2. The van der Waals surface area contributed by atoms with Crippen molar-refractivity contribution in [1.29, 1.82) is 0 Å². The molecule has 4 rings (SSSR count). The van der Waals surface area contributed by atoms with Crippen molar-refractivity contribution in [3.8, 4) is 0 Å². The van der Waals surface area contributed by atoms with Gasteiger partial charge in [0.15, 0.2) is 6.61 Å². The molecule has 0 spiro atoms. The van der Waals surface area contributed by atoms with Crippen LogP contribution in [-0.4, -0.2) is 24.5 Å². The van der Waals surface area contributed by atoms with Crippen LogP contribution >= 0.6 is 0 Å². The summed E-state index contributed by atoms with van der Waals surface area (Å²) in [6.45, 7) is -0.230. The van der Waals surface area contributed by atoms with E-state index in [1.54, 1.807) is 6.26 Å². The van der Waals surface area contributed by atoms with Gasteiger partial charge in [-0.2, -0.15) is 0 Å². The molecule has 0 unspecified atom stereocenters. The van der Waals surface area contributed by atoms with Crippen LogP contribution in [0.25, 0.3) is 21.7 Å². The summed E-state index contributed by atoms with van der Waals surface area (Å²) in [4.78, 5) is 24.1. The van der Waals surface area contributed by atoms with Gasteiger partial charge >= 0.3 is 5.97 Å². The van der Waals surface area contributed by atoms with Crippen LogP contribution < -0.4 is 5.32 Å². The van der Waals surface area contributed by atoms with Crippen molar-refractivity contribution in [3.05, 3.63) is 48.2 Å². The van der Waals surface area contributed by atoms with E-state index in [0.29, 0.717) is 0 Å². The van der Waals surface area contributed by atoms with Crippen LogP contribution in [-0.2, 0) is 20.7 Å². The number of hydrogen-bond acceptors (Lipinski definition) is 4. The van der Waals surface area contributed by atoms with Crippen molar-refractivity contribution in [2.75, 3.05) is 6.61 Å². The third kappa shape index (κ3) is 3.43. The van der Waals surface area contributed by atoms with Crippen LogP contribution in [0.15, 0.2) is 47.1 Å². The Balaban J connectivity index is 1.43. The number of carbonyl (C=O) groups excluding carboxylic acids is 2. The molecule has 1 aliphatic carbocycles. The smallest absolute Gasteiger partial charge is 0.310 e. The second-order valence-electron chi connectivity index (χ2n) is 6.81. The van der Waals surface area contributed by atoms with Gasteiger partial charge in [-0.1, -0.05) is 43.2 Å². The average Bonchev–Trinajstić information content (AvgIpc) is 3.30.